The first kappa shape index (κ1) is 25.0. The van der Waals surface area contributed by atoms with Gasteiger partial charge in [0.25, 0.3) is 0 Å². The Morgan fingerprint density at radius 3 is 1.83 bits per heavy atom. The average Bonchev–Trinajstić information content (AvgIpc) is 2.92. The Balaban J connectivity index is 0.000000179. The summed E-state index contributed by atoms with van der Waals surface area (Å²) in [4.78, 5) is 11.4. The molecule has 0 aliphatic rings. The summed E-state index contributed by atoms with van der Waals surface area (Å²) in [5.41, 5.74) is 4.24. The number of carbonyl (C=O) groups excluding carboxylic acids is 1. The summed E-state index contributed by atoms with van der Waals surface area (Å²) in [6.45, 7) is 2.24. The Hall–Kier alpha value is -4.15. The van der Waals surface area contributed by atoms with E-state index in [0.29, 0.717) is 6.61 Å². The molecule has 182 valence electrons. The zero-order chi connectivity index (χ0) is 25.5. The Bertz CT molecular complexity index is 1490. The number of carbonyl (C=O) groups is 1. The predicted octanol–water partition coefficient (Wildman–Crippen LogP) is 7.71. The summed E-state index contributed by atoms with van der Waals surface area (Å²) in [7, 11) is 5.05. The van der Waals surface area contributed by atoms with Gasteiger partial charge in [-0.05, 0) is 87.6 Å². The van der Waals surface area contributed by atoms with Gasteiger partial charge < -0.3 is 14.2 Å². The van der Waals surface area contributed by atoms with Gasteiger partial charge in [-0.2, -0.15) is 0 Å². The van der Waals surface area contributed by atoms with Gasteiger partial charge >= 0.3 is 0 Å². The Kier molecular flexibility index (Phi) is 7.99. The lowest BCUT2D eigenvalue weighted by Crippen LogP contribution is -1.91. The molecule has 0 heterocycles. The van der Waals surface area contributed by atoms with E-state index in [1.165, 1.54) is 16.3 Å². The van der Waals surface area contributed by atoms with Crippen molar-refractivity contribution < 1.29 is 19.0 Å². The lowest BCUT2D eigenvalue weighted by atomic mass is 9.99. The van der Waals surface area contributed by atoms with E-state index in [4.69, 9.17) is 14.2 Å². The average molecular weight is 479 g/mol. The molecule has 0 radical (unpaired) electrons. The number of rotatable bonds is 6. The summed E-state index contributed by atoms with van der Waals surface area (Å²) in [6.07, 6.45) is 0. The van der Waals surface area contributed by atoms with Crippen molar-refractivity contribution >= 4 is 27.3 Å². The second-order valence-electron chi connectivity index (χ2n) is 8.54. The van der Waals surface area contributed by atoms with Crippen LogP contribution in [-0.2, 0) is 11.3 Å². The van der Waals surface area contributed by atoms with Gasteiger partial charge in [0.1, 0.15) is 11.5 Å². The molecule has 4 nitrogen and oxygen atoms in total. The van der Waals surface area contributed by atoms with Gasteiger partial charge in [-0.3, -0.25) is 4.79 Å². The van der Waals surface area contributed by atoms with Crippen LogP contribution in [0.15, 0.2) is 97.1 Å². The Morgan fingerprint density at radius 2 is 1.14 bits per heavy atom. The van der Waals surface area contributed by atoms with E-state index in [9.17, 15) is 4.79 Å². The number of Topliss-reactive ketones (excluding diaryl/α,β-unsaturated/α-hetero) is 1. The number of hydrogen-bond donors (Lipinski definition) is 0. The molecule has 0 spiro atoms. The van der Waals surface area contributed by atoms with Gasteiger partial charge in [-0.25, -0.2) is 0 Å². The van der Waals surface area contributed by atoms with Crippen LogP contribution in [0.2, 0.25) is 0 Å². The molecule has 0 aromatic heterocycles. The van der Waals surface area contributed by atoms with Crippen LogP contribution in [0.5, 0.6) is 11.5 Å². The molecule has 4 heteroatoms. The second kappa shape index (κ2) is 11.5. The van der Waals surface area contributed by atoms with E-state index in [1.54, 1.807) is 28.3 Å². The summed E-state index contributed by atoms with van der Waals surface area (Å²) >= 11 is 0. The third-order valence-electron chi connectivity index (χ3n) is 6.09. The summed E-state index contributed by atoms with van der Waals surface area (Å²) in [6, 6.07) is 32.5. The van der Waals surface area contributed by atoms with Crippen LogP contribution in [0, 0.1) is 0 Å². The first-order valence-electron chi connectivity index (χ1n) is 11.8. The highest BCUT2D eigenvalue weighted by Gasteiger charge is 2.04. The van der Waals surface area contributed by atoms with Crippen LogP contribution in [0.1, 0.15) is 22.8 Å². The standard InChI is InChI=1S/C19H16O2.C13H14O2/c1-13(20)15-3-4-18-12-16(5-6-17(18)11-15)14-7-9-19(21-2)10-8-14;1-14-9-10-3-4-12-8-13(15-2)6-5-11(12)7-10/h3-12H,1-2H3;3-8H,9H2,1-2H3. The number of ether oxygens (including phenoxy) is 3. The highest BCUT2D eigenvalue weighted by molar-refractivity contribution is 5.99. The molecule has 5 rings (SSSR count). The Morgan fingerprint density at radius 1 is 0.583 bits per heavy atom. The molecule has 0 aliphatic heterocycles. The molecular formula is C32H30O4. The smallest absolute Gasteiger partial charge is 0.159 e. The zero-order valence-electron chi connectivity index (χ0n) is 21.1. The van der Waals surface area contributed by atoms with E-state index >= 15 is 0 Å². The molecule has 0 saturated heterocycles. The minimum absolute atomic E-state index is 0.0936. The molecule has 0 fully saturated rings. The van der Waals surface area contributed by atoms with Crippen molar-refractivity contribution in [2.45, 2.75) is 13.5 Å². The maximum absolute atomic E-state index is 11.4. The van der Waals surface area contributed by atoms with Crippen molar-refractivity contribution in [3.05, 3.63) is 108 Å². The minimum Gasteiger partial charge on any atom is -0.497 e. The van der Waals surface area contributed by atoms with E-state index in [2.05, 4.69) is 42.5 Å². The van der Waals surface area contributed by atoms with Gasteiger partial charge in [-0.15, -0.1) is 0 Å². The largest absolute Gasteiger partial charge is 0.497 e. The van der Waals surface area contributed by atoms with Crippen LogP contribution in [0.3, 0.4) is 0 Å². The molecule has 0 amide bonds. The van der Waals surface area contributed by atoms with Crippen molar-refractivity contribution in [3.8, 4) is 22.6 Å². The summed E-state index contributed by atoms with van der Waals surface area (Å²) in [5, 5.41) is 4.62. The number of ketones is 1. The number of fused-ring (bicyclic) bond motifs is 2. The highest BCUT2D eigenvalue weighted by atomic mass is 16.5. The van der Waals surface area contributed by atoms with Crippen molar-refractivity contribution in [3.63, 3.8) is 0 Å². The van der Waals surface area contributed by atoms with E-state index < -0.39 is 0 Å². The molecule has 0 atom stereocenters. The lowest BCUT2D eigenvalue weighted by Gasteiger charge is -2.06. The quantitative estimate of drug-likeness (QED) is 0.234. The summed E-state index contributed by atoms with van der Waals surface area (Å²) < 4.78 is 15.5. The topological polar surface area (TPSA) is 44.8 Å². The van der Waals surface area contributed by atoms with Gasteiger partial charge in [-0.1, -0.05) is 54.6 Å². The van der Waals surface area contributed by atoms with E-state index in [-0.39, 0.29) is 5.78 Å². The van der Waals surface area contributed by atoms with Crippen LogP contribution in [0.25, 0.3) is 32.7 Å². The molecule has 5 aromatic carbocycles. The molecular weight excluding hydrogens is 448 g/mol. The fourth-order valence-electron chi connectivity index (χ4n) is 4.08. The van der Waals surface area contributed by atoms with Crippen molar-refractivity contribution in [2.24, 2.45) is 0 Å². The number of hydrogen-bond acceptors (Lipinski definition) is 4. The van der Waals surface area contributed by atoms with Gasteiger partial charge in [0, 0.05) is 12.7 Å². The van der Waals surface area contributed by atoms with Crippen molar-refractivity contribution in [2.75, 3.05) is 21.3 Å². The van der Waals surface area contributed by atoms with Crippen molar-refractivity contribution in [1.82, 2.24) is 0 Å². The van der Waals surface area contributed by atoms with E-state index in [1.807, 2.05) is 54.6 Å². The molecule has 0 saturated carbocycles. The third-order valence-corrected chi connectivity index (χ3v) is 6.09. The monoisotopic (exact) mass is 478 g/mol. The normalized spacial score (nSPS) is 10.6. The molecule has 0 unspecified atom stereocenters. The second-order valence-corrected chi connectivity index (χ2v) is 8.54. The SMILES string of the molecule is COCc1ccc2cc(OC)ccc2c1.COc1ccc(-c2ccc3cc(C(C)=O)ccc3c2)cc1. The maximum atomic E-state index is 11.4. The maximum Gasteiger partial charge on any atom is 0.159 e. The number of methoxy groups -OCH3 is 3. The molecule has 0 N–H and O–H groups in total. The van der Waals surface area contributed by atoms with Gasteiger partial charge in [0.2, 0.25) is 0 Å². The molecule has 0 bridgehead atoms. The number of benzene rings is 5. The highest BCUT2D eigenvalue weighted by Crippen LogP contribution is 2.27. The molecule has 5 aromatic rings. The van der Waals surface area contributed by atoms with Crippen LogP contribution >= 0.6 is 0 Å². The van der Waals surface area contributed by atoms with Crippen LogP contribution < -0.4 is 9.47 Å². The summed E-state index contributed by atoms with van der Waals surface area (Å²) in [5.74, 6) is 1.84. The zero-order valence-corrected chi connectivity index (χ0v) is 21.1. The molecule has 0 aliphatic carbocycles. The predicted molar refractivity (Wildman–Crippen MR) is 147 cm³/mol. The van der Waals surface area contributed by atoms with Crippen LogP contribution in [-0.4, -0.2) is 27.1 Å². The fourth-order valence-corrected chi connectivity index (χ4v) is 4.08. The van der Waals surface area contributed by atoms with Gasteiger partial charge in [0.05, 0.1) is 20.8 Å². The molecule has 36 heavy (non-hydrogen) atoms. The fraction of sp³-hybridized carbons (Fsp3) is 0.156. The van der Waals surface area contributed by atoms with E-state index in [0.717, 1.165) is 39.0 Å². The Labute approximate surface area is 212 Å². The lowest BCUT2D eigenvalue weighted by molar-refractivity contribution is 0.101. The van der Waals surface area contributed by atoms with Gasteiger partial charge in [0.15, 0.2) is 5.78 Å². The third kappa shape index (κ3) is 5.91. The minimum atomic E-state index is 0.0936. The first-order chi connectivity index (χ1) is 17.5. The first-order valence-corrected chi connectivity index (χ1v) is 11.8. The van der Waals surface area contributed by atoms with Crippen molar-refractivity contribution in [1.29, 1.82) is 0 Å². The van der Waals surface area contributed by atoms with Crippen LogP contribution in [0.4, 0.5) is 0 Å².